The van der Waals surface area contributed by atoms with E-state index >= 15 is 0 Å². The molecule has 1 rings (SSSR count). The largest absolute Gasteiger partial charge is 0.444 e. The molecule has 1 fully saturated rings. The maximum Gasteiger partial charge on any atom is 0.410 e. The Bertz CT molecular complexity index is 410. The van der Waals surface area contributed by atoms with E-state index in [9.17, 15) is 9.00 Å². The predicted octanol–water partition coefficient (Wildman–Crippen LogP) is 3.30. The van der Waals surface area contributed by atoms with Gasteiger partial charge in [-0.15, -0.1) is 0 Å². The lowest BCUT2D eigenvalue weighted by Crippen LogP contribution is -2.45. The molecule has 0 aromatic carbocycles. The summed E-state index contributed by atoms with van der Waals surface area (Å²) in [6.45, 7) is 9.58. The van der Waals surface area contributed by atoms with E-state index in [0.29, 0.717) is 6.04 Å². The van der Waals surface area contributed by atoms with E-state index in [1.807, 2.05) is 25.7 Å². The normalized spacial score (nSPS) is 21.9. The molecule has 1 amide bonds. The average Bonchev–Trinajstić information content (AvgIpc) is 2.67. The topological polar surface area (TPSA) is 58.6 Å². The van der Waals surface area contributed by atoms with Gasteiger partial charge in [0.25, 0.3) is 0 Å². The van der Waals surface area contributed by atoms with Gasteiger partial charge in [-0.2, -0.15) is 0 Å². The number of rotatable bonds is 7. The average molecular weight is 361 g/mol. The van der Waals surface area contributed by atoms with E-state index in [2.05, 4.69) is 12.2 Å². The summed E-state index contributed by atoms with van der Waals surface area (Å²) in [5.41, 5.74) is -0.451. The Hall–Kier alpha value is -0.620. The molecule has 24 heavy (non-hydrogen) atoms. The molecule has 0 bridgehead atoms. The van der Waals surface area contributed by atoms with Crippen molar-refractivity contribution in [2.45, 2.75) is 83.9 Å². The Morgan fingerprint density at radius 3 is 2.67 bits per heavy atom. The third kappa shape index (κ3) is 9.02. The van der Waals surface area contributed by atoms with Gasteiger partial charge in [-0.05, 0) is 59.9 Å². The van der Waals surface area contributed by atoms with E-state index in [-0.39, 0.29) is 12.1 Å². The standard InChI is InChI=1S/C18H36N2O3S/c1-15(19-11-9-13-24(5)22)14-16-10-7-6-8-12-20(16)17(21)23-18(2,3)4/h15-16,19H,6-14H2,1-5H3. The molecule has 142 valence electrons. The van der Waals surface area contributed by atoms with Crippen molar-refractivity contribution in [2.24, 2.45) is 0 Å². The van der Waals surface area contributed by atoms with Crippen LogP contribution in [0.2, 0.25) is 0 Å². The van der Waals surface area contributed by atoms with E-state index < -0.39 is 16.4 Å². The van der Waals surface area contributed by atoms with Crippen molar-refractivity contribution in [3.05, 3.63) is 0 Å². The molecule has 0 saturated carbocycles. The van der Waals surface area contributed by atoms with Crippen LogP contribution in [0.3, 0.4) is 0 Å². The zero-order chi connectivity index (χ0) is 18.2. The summed E-state index contributed by atoms with van der Waals surface area (Å²) in [4.78, 5) is 14.5. The van der Waals surface area contributed by atoms with Crippen molar-refractivity contribution >= 4 is 16.9 Å². The van der Waals surface area contributed by atoms with Crippen LogP contribution in [0.5, 0.6) is 0 Å². The van der Waals surface area contributed by atoms with Crippen LogP contribution < -0.4 is 5.32 Å². The Morgan fingerprint density at radius 2 is 2.04 bits per heavy atom. The second-order valence-electron chi connectivity index (χ2n) is 7.90. The van der Waals surface area contributed by atoms with Gasteiger partial charge < -0.3 is 15.0 Å². The van der Waals surface area contributed by atoms with Gasteiger partial charge in [-0.25, -0.2) is 4.79 Å². The number of carbonyl (C=O) groups excluding carboxylic acids is 1. The Balaban J connectivity index is 2.53. The highest BCUT2D eigenvalue weighted by Gasteiger charge is 2.30. The first-order valence-electron chi connectivity index (χ1n) is 9.22. The summed E-state index contributed by atoms with van der Waals surface area (Å²) in [7, 11) is -0.720. The van der Waals surface area contributed by atoms with Gasteiger partial charge in [0, 0.05) is 41.4 Å². The summed E-state index contributed by atoms with van der Waals surface area (Å²) in [6, 6.07) is 0.577. The number of nitrogens with one attached hydrogen (secondary N) is 1. The first-order chi connectivity index (χ1) is 11.2. The van der Waals surface area contributed by atoms with Crippen molar-refractivity contribution < 1.29 is 13.7 Å². The fourth-order valence-electron chi connectivity index (χ4n) is 3.10. The highest BCUT2D eigenvalue weighted by molar-refractivity contribution is 7.84. The minimum absolute atomic E-state index is 0.178. The van der Waals surface area contributed by atoms with Crippen molar-refractivity contribution in [1.82, 2.24) is 10.2 Å². The predicted molar refractivity (Wildman–Crippen MR) is 101 cm³/mol. The van der Waals surface area contributed by atoms with Gasteiger partial charge in [0.2, 0.25) is 0 Å². The minimum Gasteiger partial charge on any atom is -0.444 e. The molecule has 0 aromatic heterocycles. The first kappa shape index (κ1) is 21.4. The molecule has 1 saturated heterocycles. The fourth-order valence-corrected chi connectivity index (χ4v) is 3.65. The van der Waals surface area contributed by atoms with E-state index in [0.717, 1.165) is 44.5 Å². The summed E-state index contributed by atoms with van der Waals surface area (Å²) in [6.07, 6.45) is 7.88. The maximum atomic E-state index is 12.5. The molecular formula is C18H36N2O3S. The maximum absolute atomic E-state index is 12.5. The zero-order valence-electron chi connectivity index (χ0n) is 16.1. The van der Waals surface area contributed by atoms with Crippen LogP contribution in [-0.4, -0.2) is 58.0 Å². The number of hydrogen-bond acceptors (Lipinski definition) is 4. The highest BCUT2D eigenvalue weighted by atomic mass is 32.2. The minimum atomic E-state index is -0.720. The molecule has 0 aliphatic carbocycles. The first-order valence-corrected chi connectivity index (χ1v) is 10.9. The highest BCUT2D eigenvalue weighted by Crippen LogP contribution is 2.23. The third-order valence-electron chi connectivity index (χ3n) is 4.23. The lowest BCUT2D eigenvalue weighted by atomic mass is 10.0. The third-order valence-corrected chi connectivity index (χ3v) is 5.10. The van der Waals surface area contributed by atoms with Crippen molar-refractivity contribution in [3.8, 4) is 0 Å². The molecule has 1 N–H and O–H groups in total. The molecule has 0 radical (unpaired) electrons. The molecule has 1 aliphatic heterocycles. The van der Waals surface area contributed by atoms with Gasteiger partial charge >= 0.3 is 6.09 Å². The second kappa shape index (κ2) is 10.4. The zero-order valence-corrected chi connectivity index (χ0v) is 16.9. The van der Waals surface area contributed by atoms with Gasteiger partial charge in [0.05, 0.1) is 0 Å². The van der Waals surface area contributed by atoms with Crippen molar-refractivity contribution in [2.75, 3.05) is 25.1 Å². The van der Waals surface area contributed by atoms with Gasteiger partial charge in [-0.1, -0.05) is 12.8 Å². The Labute approximate surface area is 150 Å². The second-order valence-corrected chi connectivity index (χ2v) is 9.45. The lowest BCUT2D eigenvalue weighted by molar-refractivity contribution is 0.0150. The van der Waals surface area contributed by atoms with Crippen LogP contribution in [0.25, 0.3) is 0 Å². The summed E-state index contributed by atoms with van der Waals surface area (Å²) in [5, 5.41) is 3.50. The number of likely N-dealkylation sites (tertiary alicyclic amines) is 1. The molecule has 0 spiro atoms. The fraction of sp³-hybridized carbons (Fsp3) is 0.944. The Kier molecular flexibility index (Phi) is 9.27. The quantitative estimate of drug-likeness (QED) is 0.708. The van der Waals surface area contributed by atoms with Crippen LogP contribution >= 0.6 is 0 Å². The summed E-state index contributed by atoms with van der Waals surface area (Å²) >= 11 is 0. The van der Waals surface area contributed by atoms with Gasteiger partial charge in [0.1, 0.15) is 5.60 Å². The van der Waals surface area contributed by atoms with Gasteiger partial charge in [0.15, 0.2) is 0 Å². The van der Waals surface area contributed by atoms with E-state index in [4.69, 9.17) is 4.74 Å². The summed E-state index contributed by atoms with van der Waals surface area (Å²) < 4.78 is 16.7. The van der Waals surface area contributed by atoms with Crippen molar-refractivity contribution in [1.29, 1.82) is 0 Å². The Morgan fingerprint density at radius 1 is 1.33 bits per heavy atom. The SMILES string of the molecule is CC(CC1CCCCCN1C(=O)OC(C)(C)C)NCCCS(C)=O. The number of hydrogen-bond donors (Lipinski definition) is 1. The molecule has 3 atom stereocenters. The molecule has 1 heterocycles. The van der Waals surface area contributed by atoms with Crippen LogP contribution in [0.4, 0.5) is 4.79 Å². The molecule has 1 aliphatic rings. The van der Waals surface area contributed by atoms with E-state index in [1.165, 1.54) is 12.8 Å². The molecular weight excluding hydrogens is 324 g/mol. The van der Waals surface area contributed by atoms with Gasteiger partial charge in [-0.3, -0.25) is 4.21 Å². The molecule has 0 aromatic rings. The number of nitrogens with zero attached hydrogens (tertiary/aromatic N) is 1. The van der Waals surface area contributed by atoms with Crippen LogP contribution in [0, 0.1) is 0 Å². The smallest absolute Gasteiger partial charge is 0.410 e. The number of ether oxygens (including phenoxy) is 1. The van der Waals surface area contributed by atoms with Crippen LogP contribution in [0.1, 0.15) is 66.2 Å². The monoisotopic (exact) mass is 360 g/mol. The number of amides is 1. The van der Waals surface area contributed by atoms with Crippen LogP contribution in [-0.2, 0) is 15.5 Å². The van der Waals surface area contributed by atoms with Crippen molar-refractivity contribution in [3.63, 3.8) is 0 Å². The molecule has 6 heteroatoms. The lowest BCUT2D eigenvalue weighted by Gasteiger charge is -2.33. The number of carbonyl (C=O) groups is 1. The van der Waals surface area contributed by atoms with E-state index in [1.54, 1.807) is 6.26 Å². The summed E-state index contributed by atoms with van der Waals surface area (Å²) in [5.74, 6) is 0.743. The molecule has 5 nitrogen and oxygen atoms in total. The van der Waals surface area contributed by atoms with Crippen LogP contribution in [0.15, 0.2) is 0 Å². The molecule has 3 unspecified atom stereocenters.